The molecule has 110 valence electrons. The fourth-order valence-corrected chi connectivity index (χ4v) is 2.02. The molecule has 0 atom stereocenters. The number of nitrogens with one attached hydrogen (secondary N) is 1. The standard InChI is InChI=1S/C16H18N2O3/c1-3-21-16(19)11-18-17-10-14-13-7-5-4-6-12(13)8-9-15(14)20-2/h4-10,18H,3,11H2,1-2H3/b17-10+. The van der Waals surface area contributed by atoms with Crippen molar-refractivity contribution in [3.05, 3.63) is 42.0 Å². The van der Waals surface area contributed by atoms with E-state index < -0.39 is 0 Å². The van der Waals surface area contributed by atoms with Crippen LogP contribution in [0.25, 0.3) is 10.8 Å². The second-order valence-corrected chi connectivity index (χ2v) is 4.30. The predicted molar refractivity (Wildman–Crippen MR) is 82.7 cm³/mol. The van der Waals surface area contributed by atoms with E-state index in [0.717, 1.165) is 22.1 Å². The molecule has 0 bridgehead atoms. The van der Waals surface area contributed by atoms with Crippen LogP contribution in [0.15, 0.2) is 41.5 Å². The summed E-state index contributed by atoms with van der Waals surface area (Å²) in [6.07, 6.45) is 1.65. The van der Waals surface area contributed by atoms with E-state index in [2.05, 4.69) is 10.5 Å². The second kappa shape index (κ2) is 7.28. The topological polar surface area (TPSA) is 59.9 Å². The van der Waals surface area contributed by atoms with E-state index in [4.69, 9.17) is 9.47 Å². The van der Waals surface area contributed by atoms with Crippen molar-refractivity contribution in [3.8, 4) is 5.75 Å². The highest BCUT2D eigenvalue weighted by atomic mass is 16.5. The minimum absolute atomic E-state index is 0.0391. The fourth-order valence-electron chi connectivity index (χ4n) is 2.02. The Balaban J connectivity index is 2.18. The maximum atomic E-state index is 11.2. The molecule has 0 aromatic heterocycles. The Morgan fingerprint density at radius 1 is 1.29 bits per heavy atom. The first kappa shape index (κ1) is 14.8. The summed E-state index contributed by atoms with van der Waals surface area (Å²) in [5.41, 5.74) is 3.54. The molecule has 0 aliphatic rings. The molecule has 0 spiro atoms. The molecule has 21 heavy (non-hydrogen) atoms. The average molecular weight is 286 g/mol. The lowest BCUT2D eigenvalue weighted by Gasteiger charge is -2.08. The van der Waals surface area contributed by atoms with E-state index >= 15 is 0 Å². The number of methoxy groups -OCH3 is 1. The largest absolute Gasteiger partial charge is 0.496 e. The van der Waals surface area contributed by atoms with Gasteiger partial charge in [0, 0.05) is 5.56 Å². The van der Waals surface area contributed by atoms with Crippen molar-refractivity contribution in [2.45, 2.75) is 6.92 Å². The minimum Gasteiger partial charge on any atom is -0.496 e. The molecule has 0 fully saturated rings. The summed E-state index contributed by atoms with van der Waals surface area (Å²) >= 11 is 0. The van der Waals surface area contributed by atoms with Gasteiger partial charge in [0.1, 0.15) is 12.3 Å². The van der Waals surface area contributed by atoms with Crippen LogP contribution in [0.4, 0.5) is 0 Å². The Labute approximate surface area is 123 Å². The van der Waals surface area contributed by atoms with Gasteiger partial charge in [0.05, 0.1) is 19.9 Å². The Bertz CT molecular complexity index is 653. The molecule has 0 radical (unpaired) electrons. The Kier molecular flexibility index (Phi) is 5.15. The zero-order valence-corrected chi connectivity index (χ0v) is 12.1. The summed E-state index contributed by atoms with van der Waals surface area (Å²) in [7, 11) is 1.62. The Morgan fingerprint density at radius 3 is 2.86 bits per heavy atom. The van der Waals surface area contributed by atoms with E-state index in [1.165, 1.54) is 0 Å². The Morgan fingerprint density at radius 2 is 2.10 bits per heavy atom. The molecule has 0 amide bonds. The van der Waals surface area contributed by atoms with Gasteiger partial charge in [0.25, 0.3) is 0 Å². The van der Waals surface area contributed by atoms with Crippen molar-refractivity contribution in [3.63, 3.8) is 0 Å². The van der Waals surface area contributed by atoms with Crippen LogP contribution in [0.2, 0.25) is 0 Å². The molecule has 0 heterocycles. The van der Waals surface area contributed by atoms with Gasteiger partial charge >= 0.3 is 5.97 Å². The number of ether oxygens (including phenoxy) is 2. The van der Waals surface area contributed by atoms with Crippen molar-refractivity contribution in [2.24, 2.45) is 5.10 Å². The number of hydrogen-bond donors (Lipinski definition) is 1. The maximum Gasteiger partial charge on any atom is 0.327 e. The quantitative estimate of drug-likeness (QED) is 0.503. The number of hydrogen-bond acceptors (Lipinski definition) is 5. The molecular weight excluding hydrogens is 268 g/mol. The van der Waals surface area contributed by atoms with Gasteiger partial charge in [-0.1, -0.05) is 30.3 Å². The first-order valence-electron chi connectivity index (χ1n) is 6.73. The van der Waals surface area contributed by atoms with E-state index in [0.29, 0.717) is 6.61 Å². The van der Waals surface area contributed by atoms with Gasteiger partial charge in [0.2, 0.25) is 0 Å². The van der Waals surface area contributed by atoms with Crippen LogP contribution in [0, 0.1) is 0 Å². The van der Waals surface area contributed by atoms with Gasteiger partial charge < -0.3 is 9.47 Å². The van der Waals surface area contributed by atoms with Crippen molar-refractivity contribution >= 4 is 23.0 Å². The minimum atomic E-state index is -0.334. The highest BCUT2D eigenvalue weighted by molar-refractivity contribution is 6.02. The molecule has 2 aromatic carbocycles. The number of carbonyl (C=O) groups is 1. The maximum absolute atomic E-state index is 11.2. The molecule has 2 rings (SSSR count). The van der Waals surface area contributed by atoms with Gasteiger partial charge in [-0.15, -0.1) is 0 Å². The van der Waals surface area contributed by atoms with Crippen molar-refractivity contribution < 1.29 is 14.3 Å². The van der Waals surface area contributed by atoms with E-state index in [1.807, 2.05) is 36.4 Å². The lowest BCUT2D eigenvalue weighted by molar-refractivity contribution is -0.141. The summed E-state index contributed by atoms with van der Waals surface area (Å²) in [5, 5.41) is 6.21. The summed E-state index contributed by atoms with van der Waals surface area (Å²) in [4.78, 5) is 11.2. The number of fused-ring (bicyclic) bond motifs is 1. The molecule has 2 aromatic rings. The van der Waals surface area contributed by atoms with Crippen molar-refractivity contribution in [2.75, 3.05) is 20.3 Å². The lowest BCUT2D eigenvalue weighted by atomic mass is 10.0. The number of benzene rings is 2. The third-order valence-electron chi connectivity index (χ3n) is 2.96. The molecule has 1 N–H and O–H groups in total. The first-order valence-corrected chi connectivity index (χ1v) is 6.73. The first-order chi connectivity index (χ1) is 10.3. The van der Waals surface area contributed by atoms with Crippen molar-refractivity contribution in [1.29, 1.82) is 0 Å². The van der Waals surface area contributed by atoms with Gasteiger partial charge in [0.15, 0.2) is 0 Å². The van der Waals surface area contributed by atoms with Crippen LogP contribution in [-0.4, -0.2) is 32.4 Å². The van der Waals surface area contributed by atoms with Crippen LogP contribution >= 0.6 is 0 Å². The van der Waals surface area contributed by atoms with E-state index in [9.17, 15) is 4.79 Å². The third-order valence-corrected chi connectivity index (χ3v) is 2.96. The monoisotopic (exact) mass is 286 g/mol. The van der Waals surface area contributed by atoms with E-state index in [1.54, 1.807) is 20.2 Å². The van der Waals surface area contributed by atoms with Gasteiger partial charge in [-0.3, -0.25) is 10.2 Å². The van der Waals surface area contributed by atoms with Crippen molar-refractivity contribution in [1.82, 2.24) is 5.43 Å². The number of nitrogens with zero attached hydrogens (tertiary/aromatic N) is 1. The molecular formula is C16H18N2O3. The summed E-state index contributed by atoms with van der Waals surface area (Å²) in [6, 6.07) is 11.9. The highest BCUT2D eigenvalue weighted by Crippen LogP contribution is 2.26. The number of esters is 1. The molecule has 5 nitrogen and oxygen atoms in total. The van der Waals surface area contributed by atoms with Gasteiger partial charge in [-0.2, -0.15) is 5.10 Å². The predicted octanol–water partition coefficient (Wildman–Crippen LogP) is 2.33. The van der Waals surface area contributed by atoms with Crippen LogP contribution in [-0.2, 0) is 9.53 Å². The molecule has 0 saturated heterocycles. The molecule has 0 saturated carbocycles. The molecule has 0 unspecified atom stereocenters. The number of rotatable bonds is 6. The molecule has 5 heteroatoms. The van der Waals surface area contributed by atoms with Crippen LogP contribution in [0.1, 0.15) is 12.5 Å². The highest BCUT2D eigenvalue weighted by Gasteiger charge is 2.06. The Hall–Kier alpha value is -2.56. The van der Waals surface area contributed by atoms with E-state index in [-0.39, 0.29) is 12.5 Å². The lowest BCUT2D eigenvalue weighted by Crippen LogP contribution is -2.20. The van der Waals surface area contributed by atoms with Crippen LogP contribution in [0.3, 0.4) is 0 Å². The summed E-state index contributed by atoms with van der Waals surface area (Å²) in [6.45, 7) is 2.17. The van der Waals surface area contributed by atoms with Crippen LogP contribution in [0.5, 0.6) is 5.75 Å². The van der Waals surface area contributed by atoms with Crippen LogP contribution < -0.4 is 10.2 Å². The normalized spacial score (nSPS) is 10.8. The molecule has 0 aliphatic heterocycles. The average Bonchev–Trinajstić information content (AvgIpc) is 2.51. The SMILES string of the molecule is CCOC(=O)CN/N=C/c1c(OC)ccc2ccccc12. The zero-order valence-electron chi connectivity index (χ0n) is 12.1. The molecule has 0 aliphatic carbocycles. The number of carbonyl (C=O) groups excluding carboxylic acids is 1. The number of hydrazone groups is 1. The smallest absolute Gasteiger partial charge is 0.327 e. The van der Waals surface area contributed by atoms with Gasteiger partial charge in [-0.25, -0.2) is 0 Å². The summed E-state index contributed by atoms with van der Waals surface area (Å²) in [5.74, 6) is 0.398. The second-order valence-electron chi connectivity index (χ2n) is 4.30. The summed E-state index contributed by atoms with van der Waals surface area (Å²) < 4.78 is 10.2. The third kappa shape index (κ3) is 3.72. The zero-order chi connectivity index (χ0) is 15.1. The van der Waals surface area contributed by atoms with Gasteiger partial charge in [-0.05, 0) is 23.8 Å². The fraction of sp³-hybridized carbons (Fsp3) is 0.250.